The van der Waals surface area contributed by atoms with Crippen molar-refractivity contribution >= 4 is 33.6 Å². The lowest BCUT2D eigenvalue weighted by molar-refractivity contribution is -0.145. The van der Waals surface area contributed by atoms with Crippen molar-refractivity contribution in [3.8, 4) is 0 Å². The third-order valence-electron chi connectivity index (χ3n) is 8.22. The van der Waals surface area contributed by atoms with Gasteiger partial charge in [0.1, 0.15) is 13.2 Å². The fourth-order valence-corrected chi connectivity index (χ4v) is 6.06. The first-order valence-electron chi connectivity index (χ1n) is 15.5. The first-order valence-corrected chi connectivity index (χ1v) is 16.3. The molecule has 1 fully saturated rings. The highest BCUT2D eigenvalue weighted by Crippen LogP contribution is 2.30. The Hall–Kier alpha value is -2.42. The number of hydrogen-bond acceptors (Lipinski definition) is 7. The van der Waals surface area contributed by atoms with Gasteiger partial charge in [-0.15, -0.1) is 0 Å². The van der Waals surface area contributed by atoms with Gasteiger partial charge in [-0.3, -0.25) is 14.6 Å². The van der Waals surface area contributed by atoms with Crippen molar-refractivity contribution in [3.63, 3.8) is 0 Å². The second kappa shape index (κ2) is 17.0. The fourth-order valence-electron chi connectivity index (χ4n) is 5.55. The molecule has 0 radical (unpaired) electrons. The molecule has 0 amide bonds. The Morgan fingerprint density at radius 2 is 1.64 bits per heavy atom. The van der Waals surface area contributed by atoms with Crippen molar-refractivity contribution in [2.24, 2.45) is 5.92 Å². The first kappa shape index (κ1) is 34.1. The van der Waals surface area contributed by atoms with Crippen LogP contribution in [0.5, 0.6) is 0 Å². The average molecular weight is 645 g/mol. The largest absolute Gasteiger partial charge is 0.464 e. The highest BCUT2D eigenvalue weighted by Gasteiger charge is 2.22. The van der Waals surface area contributed by atoms with E-state index in [1.54, 1.807) is 6.07 Å². The summed E-state index contributed by atoms with van der Waals surface area (Å²) in [6, 6.07) is 12.4. The molecule has 1 saturated carbocycles. The summed E-state index contributed by atoms with van der Waals surface area (Å²) < 4.78 is 11.8. The zero-order valence-corrected chi connectivity index (χ0v) is 27.8. The van der Waals surface area contributed by atoms with Crippen molar-refractivity contribution < 1.29 is 19.1 Å². The molecule has 0 saturated heterocycles. The van der Waals surface area contributed by atoms with Gasteiger partial charge in [0.25, 0.3) is 0 Å². The normalized spacial score (nSPS) is 14.9. The Balaban J connectivity index is 1.42. The van der Waals surface area contributed by atoms with E-state index in [1.165, 1.54) is 37.7 Å². The summed E-state index contributed by atoms with van der Waals surface area (Å²) in [6.45, 7) is 11.7. The van der Waals surface area contributed by atoms with Gasteiger partial charge in [0.15, 0.2) is 0 Å². The number of ether oxygens (including phenoxy) is 2. The minimum absolute atomic E-state index is 0.235. The summed E-state index contributed by atoms with van der Waals surface area (Å²) in [5, 5.41) is 0. The number of nitrogens with two attached hydrogens (primary N) is 1. The molecule has 0 spiro atoms. The van der Waals surface area contributed by atoms with Crippen molar-refractivity contribution in [1.82, 2.24) is 9.80 Å². The third-order valence-corrected chi connectivity index (χ3v) is 8.88. The van der Waals surface area contributed by atoms with E-state index in [1.807, 2.05) is 37.1 Å². The standard InChI is InChI=1S/C34H50BrN3O4/c1-6-38(30-10-8-7-9-11-30)23-29-21-28(22-31(35)32(29)36)34(40)42-19-17-37(5)16-18-41-33(39)25(4)27-14-12-26(13-15-27)20-24(2)3/h12-15,21-22,24-25,30H,6-11,16-20,23,36H2,1-5H3. The number of esters is 2. The van der Waals surface area contributed by atoms with Crippen LogP contribution in [0.15, 0.2) is 40.9 Å². The van der Waals surface area contributed by atoms with Gasteiger partial charge in [-0.1, -0.05) is 64.3 Å². The maximum Gasteiger partial charge on any atom is 0.338 e. The number of anilines is 1. The molecule has 2 aromatic carbocycles. The number of carbonyl (C=O) groups is 2. The number of rotatable bonds is 15. The van der Waals surface area contributed by atoms with Crippen LogP contribution in [0, 0.1) is 5.92 Å². The van der Waals surface area contributed by atoms with Crippen LogP contribution in [0.1, 0.15) is 92.8 Å². The van der Waals surface area contributed by atoms with Gasteiger partial charge < -0.3 is 15.2 Å². The minimum atomic E-state index is -0.370. The van der Waals surface area contributed by atoms with Gasteiger partial charge in [0.05, 0.1) is 17.2 Å². The SMILES string of the molecule is CCN(Cc1cc(C(=O)OCCN(C)CCOC(=O)C(C)c2ccc(CC(C)C)cc2)cc(Br)c1N)C1CCCCC1. The minimum Gasteiger partial charge on any atom is -0.464 e. The van der Waals surface area contributed by atoms with Gasteiger partial charge in [-0.05, 0) is 90.4 Å². The van der Waals surface area contributed by atoms with Gasteiger partial charge in [-0.2, -0.15) is 0 Å². The lowest BCUT2D eigenvalue weighted by atomic mass is 9.93. The molecule has 42 heavy (non-hydrogen) atoms. The van der Waals surface area contributed by atoms with Crippen LogP contribution in [0.3, 0.4) is 0 Å². The molecule has 232 valence electrons. The predicted octanol–water partition coefficient (Wildman–Crippen LogP) is 6.82. The number of hydrogen-bond donors (Lipinski definition) is 1. The summed E-state index contributed by atoms with van der Waals surface area (Å²) >= 11 is 3.54. The van der Waals surface area contributed by atoms with Crippen molar-refractivity contribution in [2.45, 2.75) is 84.7 Å². The quantitative estimate of drug-likeness (QED) is 0.168. The third kappa shape index (κ3) is 10.4. The van der Waals surface area contributed by atoms with Crippen molar-refractivity contribution in [1.29, 1.82) is 0 Å². The molecule has 7 nitrogen and oxygen atoms in total. The maximum atomic E-state index is 12.9. The molecule has 0 bridgehead atoms. The molecule has 2 aromatic rings. The van der Waals surface area contributed by atoms with E-state index in [-0.39, 0.29) is 31.1 Å². The number of carbonyl (C=O) groups excluding carboxylic acids is 2. The molecule has 3 rings (SSSR count). The molecule has 0 aromatic heterocycles. The van der Waals surface area contributed by atoms with E-state index >= 15 is 0 Å². The van der Waals surface area contributed by atoms with Gasteiger partial charge in [0.2, 0.25) is 0 Å². The Labute approximate surface area is 261 Å². The number of nitrogens with zero attached hydrogens (tertiary/aromatic N) is 2. The highest BCUT2D eigenvalue weighted by atomic mass is 79.9. The molecule has 8 heteroatoms. The number of halogens is 1. The Morgan fingerprint density at radius 1 is 1.00 bits per heavy atom. The van der Waals surface area contributed by atoms with E-state index in [9.17, 15) is 9.59 Å². The summed E-state index contributed by atoms with van der Waals surface area (Å²) in [4.78, 5) is 29.9. The smallest absolute Gasteiger partial charge is 0.338 e. The molecule has 0 aliphatic heterocycles. The molecule has 1 aliphatic rings. The summed E-state index contributed by atoms with van der Waals surface area (Å²) in [5.74, 6) is -0.327. The molecule has 2 N–H and O–H groups in total. The maximum absolute atomic E-state index is 12.9. The fraction of sp³-hybridized carbons (Fsp3) is 0.588. The van der Waals surface area contributed by atoms with Crippen LogP contribution in [0.25, 0.3) is 0 Å². The van der Waals surface area contributed by atoms with Crippen LogP contribution in [0.4, 0.5) is 5.69 Å². The van der Waals surface area contributed by atoms with Crippen LogP contribution in [0.2, 0.25) is 0 Å². The Kier molecular flexibility index (Phi) is 13.8. The van der Waals surface area contributed by atoms with Crippen molar-refractivity contribution in [2.75, 3.05) is 45.6 Å². The topological polar surface area (TPSA) is 85.1 Å². The van der Waals surface area contributed by atoms with E-state index in [4.69, 9.17) is 15.2 Å². The number of likely N-dealkylation sites (N-methyl/N-ethyl adjacent to an activating group) is 1. The molecule has 1 atom stereocenters. The molecule has 0 heterocycles. The molecule has 1 unspecified atom stereocenters. The Morgan fingerprint density at radius 3 is 2.26 bits per heavy atom. The second-order valence-electron chi connectivity index (χ2n) is 12.1. The zero-order chi connectivity index (χ0) is 30.6. The highest BCUT2D eigenvalue weighted by molar-refractivity contribution is 9.10. The molecular weight excluding hydrogens is 594 g/mol. The van der Waals surface area contributed by atoms with Crippen LogP contribution in [-0.4, -0.2) is 67.7 Å². The van der Waals surface area contributed by atoms with Gasteiger partial charge in [0, 0.05) is 30.1 Å². The monoisotopic (exact) mass is 643 g/mol. The van der Waals surface area contributed by atoms with Crippen LogP contribution in [-0.2, 0) is 27.2 Å². The molecule has 1 aliphatic carbocycles. The van der Waals surface area contributed by atoms with E-state index in [0.29, 0.717) is 40.8 Å². The van der Waals surface area contributed by atoms with Gasteiger partial charge in [-0.25, -0.2) is 4.79 Å². The average Bonchev–Trinajstić information content (AvgIpc) is 2.97. The van der Waals surface area contributed by atoms with E-state index in [2.05, 4.69) is 53.7 Å². The second-order valence-corrected chi connectivity index (χ2v) is 12.9. The molecular formula is C34H50BrN3O4. The van der Waals surface area contributed by atoms with Gasteiger partial charge >= 0.3 is 11.9 Å². The summed E-state index contributed by atoms with van der Waals surface area (Å²) in [7, 11) is 1.92. The number of benzene rings is 2. The van der Waals surface area contributed by atoms with Crippen molar-refractivity contribution in [3.05, 3.63) is 63.1 Å². The van der Waals surface area contributed by atoms with Crippen LogP contribution >= 0.6 is 15.9 Å². The first-order chi connectivity index (χ1) is 20.1. The van der Waals surface area contributed by atoms with Crippen LogP contribution < -0.4 is 5.73 Å². The lowest BCUT2D eigenvalue weighted by Crippen LogP contribution is -2.36. The Bertz CT molecular complexity index is 1150. The number of nitrogen functional groups attached to an aromatic ring is 1. The summed E-state index contributed by atoms with van der Waals surface area (Å²) in [6.07, 6.45) is 7.32. The lowest BCUT2D eigenvalue weighted by Gasteiger charge is -2.34. The summed E-state index contributed by atoms with van der Waals surface area (Å²) in [5.41, 5.74) is 10.7. The van der Waals surface area contributed by atoms with E-state index in [0.717, 1.165) is 30.6 Å². The predicted molar refractivity (Wildman–Crippen MR) is 174 cm³/mol. The van der Waals surface area contributed by atoms with E-state index < -0.39 is 0 Å². The zero-order valence-electron chi connectivity index (χ0n) is 26.2.